The molecule has 2 aromatic heterocycles. The number of aliphatic hydroxyl groups excluding tert-OH is 1. The van der Waals surface area contributed by atoms with E-state index >= 15 is 0 Å². The number of rotatable bonds is 7. The summed E-state index contributed by atoms with van der Waals surface area (Å²) in [4.78, 5) is 4.53. The van der Waals surface area contributed by atoms with Gasteiger partial charge in [-0.3, -0.25) is 0 Å². The standard InChI is InChI=1S/C13H18N2O2S2/c1-9(12(7-16)18-2)14-6-10-8-19-13(15-10)11-4-3-5-17-11/h3-5,8-9,12,14,16H,6-7H2,1-2H3. The Morgan fingerprint density at radius 3 is 3.05 bits per heavy atom. The van der Waals surface area contributed by atoms with Crippen molar-refractivity contribution in [2.45, 2.75) is 24.8 Å². The van der Waals surface area contributed by atoms with Crippen molar-refractivity contribution < 1.29 is 9.52 Å². The van der Waals surface area contributed by atoms with Crippen LogP contribution in [-0.2, 0) is 6.54 Å². The molecule has 104 valence electrons. The molecular formula is C13H18N2O2S2. The van der Waals surface area contributed by atoms with Gasteiger partial charge in [0.25, 0.3) is 0 Å². The summed E-state index contributed by atoms with van der Waals surface area (Å²) in [5.41, 5.74) is 1.00. The predicted molar refractivity (Wildman–Crippen MR) is 80.5 cm³/mol. The molecule has 2 heterocycles. The summed E-state index contributed by atoms with van der Waals surface area (Å²) in [7, 11) is 0. The van der Waals surface area contributed by atoms with Gasteiger partial charge in [-0.05, 0) is 25.3 Å². The van der Waals surface area contributed by atoms with Crippen LogP contribution in [0, 0.1) is 0 Å². The molecule has 0 spiro atoms. The Bertz CT molecular complexity index is 481. The summed E-state index contributed by atoms with van der Waals surface area (Å²) in [6.45, 7) is 2.97. The van der Waals surface area contributed by atoms with Crippen LogP contribution in [0.4, 0.5) is 0 Å². The van der Waals surface area contributed by atoms with E-state index in [1.54, 1.807) is 29.4 Å². The molecule has 2 aromatic rings. The molecule has 0 aliphatic heterocycles. The first-order valence-corrected chi connectivity index (χ1v) is 8.26. The minimum Gasteiger partial charge on any atom is -0.462 e. The summed E-state index contributed by atoms with van der Waals surface area (Å²) in [5, 5.41) is 15.8. The van der Waals surface area contributed by atoms with Crippen molar-refractivity contribution >= 4 is 23.1 Å². The monoisotopic (exact) mass is 298 g/mol. The maximum atomic E-state index is 9.24. The second kappa shape index (κ2) is 7.09. The van der Waals surface area contributed by atoms with Gasteiger partial charge in [0, 0.05) is 23.2 Å². The van der Waals surface area contributed by atoms with Gasteiger partial charge >= 0.3 is 0 Å². The van der Waals surface area contributed by atoms with Crippen LogP contribution in [0.25, 0.3) is 10.8 Å². The molecule has 0 amide bonds. The van der Waals surface area contributed by atoms with Crippen molar-refractivity contribution in [3.8, 4) is 10.8 Å². The summed E-state index contributed by atoms with van der Waals surface area (Å²) in [5.74, 6) is 0.807. The quantitative estimate of drug-likeness (QED) is 0.823. The lowest BCUT2D eigenvalue weighted by Gasteiger charge is -2.20. The number of hydrogen-bond donors (Lipinski definition) is 2. The maximum Gasteiger partial charge on any atom is 0.162 e. The number of nitrogens with zero attached hydrogens (tertiary/aromatic N) is 1. The largest absolute Gasteiger partial charge is 0.462 e. The first kappa shape index (κ1) is 14.6. The molecule has 4 nitrogen and oxygen atoms in total. The molecule has 6 heteroatoms. The first-order valence-electron chi connectivity index (χ1n) is 6.10. The Hall–Kier alpha value is -0.820. The minimum absolute atomic E-state index is 0.185. The molecule has 2 rings (SSSR count). The van der Waals surface area contributed by atoms with Gasteiger partial charge in [0.15, 0.2) is 10.8 Å². The second-order valence-electron chi connectivity index (χ2n) is 4.25. The van der Waals surface area contributed by atoms with E-state index in [-0.39, 0.29) is 17.9 Å². The van der Waals surface area contributed by atoms with E-state index in [1.807, 2.05) is 23.8 Å². The Morgan fingerprint density at radius 2 is 2.42 bits per heavy atom. The van der Waals surface area contributed by atoms with Gasteiger partial charge in [-0.2, -0.15) is 11.8 Å². The fourth-order valence-corrected chi connectivity index (χ4v) is 3.17. The Labute approximate surface area is 121 Å². The molecular weight excluding hydrogens is 280 g/mol. The molecule has 0 saturated carbocycles. The molecule has 2 N–H and O–H groups in total. The van der Waals surface area contributed by atoms with Crippen LogP contribution in [-0.4, -0.2) is 34.2 Å². The molecule has 2 unspecified atom stereocenters. The van der Waals surface area contributed by atoms with E-state index in [0.29, 0.717) is 6.54 Å². The number of furan rings is 1. The smallest absolute Gasteiger partial charge is 0.162 e. The predicted octanol–water partition coefficient (Wildman–Crippen LogP) is 2.61. The van der Waals surface area contributed by atoms with Gasteiger partial charge < -0.3 is 14.8 Å². The average molecular weight is 298 g/mol. The van der Waals surface area contributed by atoms with Gasteiger partial charge in [0.2, 0.25) is 0 Å². The van der Waals surface area contributed by atoms with E-state index in [2.05, 4.69) is 17.2 Å². The Kier molecular flexibility index (Phi) is 5.45. The third-order valence-electron chi connectivity index (χ3n) is 2.93. The van der Waals surface area contributed by atoms with Crippen LogP contribution in [0.15, 0.2) is 28.2 Å². The van der Waals surface area contributed by atoms with Crippen LogP contribution in [0.3, 0.4) is 0 Å². The molecule has 19 heavy (non-hydrogen) atoms. The Morgan fingerprint density at radius 1 is 1.58 bits per heavy atom. The summed E-state index contributed by atoms with van der Waals surface area (Å²) in [6, 6.07) is 4.02. The van der Waals surface area contributed by atoms with Crippen molar-refractivity contribution in [1.29, 1.82) is 0 Å². The zero-order valence-corrected chi connectivity index (χ0v) is 12.6. The molecule has 0 fully saturated rings. The number of hydrogen-bond acceptors (Lipinski definition) is 6. The van der Waals surface area contributed by atoms with Gasteiger partial charge in [0.1, 0.15) is 0 Å². The van der Waals surface area contributed by atoms with Gasteiger partial charge in [0.05, 0.1) is 18.6 Å². The van der Waals surface area contributed by atoms with E-state index in [9.17, 15) is 5.11 Å². The van der Waals surface area contributed by atoms with Gasteiger partial charge in [-0.1, -0.05) is 0 Å². The number of nitrogens with one attached hydrogen (secondary N) is 1. The molecule has 0 saturated heterocycles. The highest BCUT2D eigenvalue weighted by Crippen LogP contribution is 2.24. The molecule has 0 radical (unpaired) electrons. The molecule has 0 aromatic carbocycles. The second-order valence-corrected chi connectivity index (χ2v) is 6.18. The van der Waals surface area contributed by atoms with Crippen LogP contribution in [0.2, 0.25) is 0 Å². The SMILES string of the molecule is CSC(CO)C(C)NCc1csc(-c2ccco2)n1. The fraction of sp³-hybridized carbons (Fsp3) is 0.462. The summed E-state index contributed by atoms with van der Waals surface area (Å²) < 4.78 is 5.32. The van der Waals surface area contributed by atoms with E-state index in [0.717, 1.165) is 16.5 Å². The summed E-state index contributed by atoms with van der Waals surface area (Å²) >= 11 is 3.25. The highest BCUT2D eigenvalue weighted by atomic mass is 32.2. The van der Waals surface area contributed by atoms with Crippen molar-refractivity contribution in [2.24, 2.45) is 0 Å². The number of thiazole rings is 1. The van der Waals surface area contributed by atoms with Crippen molar-refractivity contribution in [3.05, 3.63) is 29.5 Å². The van der Waals surface area contributed by atoms with Crippen LogP contribution in [0.5, 0.6) is 0 Å². The maximum absolute atomic E-state index is 9.24. The minimum atomic E-state index is 0.185. The molecule has 2 atom stereocenters. The Balaban J connectivity index is 1.90. The van der Waals surface area contributed by atoms with E-state index in [1.165, 1.54) is 0 Å². The van der Waals surface area contributed by atoms with Gasteiger partial charge in [-0.15, -0.1) is 11.3 Å². The average Bonchev–Trinajstić information content (AvgIpc) is 3.08. The van der Waals surface area contributed by atoms with Crippen molar-refractivity contribution in [3.63, 3.8) is 0 Å². The van der Waals surface area contributed by atoms with Crippen molar-refractivity contribution in [2.75, 3.05) is 12.9 Å². The number of aromatic nitrogens is 1. The van der Waals surface area contributed by atoms with E-state index in [4.69, 9.17) is 4.42 Å². The van der Waals surface area contributed by atoms with E-state index < -0.39 is 0 Å². The first-order chi connectivity index (χ1) is 9.24. The van der Waals surface area contributed by atoms with Crippen LogP contribution in [0.1, 0.15) is 12.6 Å². The lowest BCUT2D eigenvalue weighted by molar-refractivity contribution is 0.275. The number of thioether (sulfide) groups is 1. The molecule has 0 aliphatic carbocycles. The normalized spacial score (nSPS) is 14.5. The van der Waals surface area contributed by atoms with Crippen LogP contribution >= 0.6 is 23.1 Å². The van der Waals surface area contributed by atoms with Crippen LogP contribution < -0.4 is 5.32 Å². The molecule has 0 aliphatic rings. The third-order valence-corrected chi connectivity index (χ3v) is 5.00. The zero-order chi connectivity index (χ0) is 13.7. The lowest BCUT2D eigenvalue weighted by Crippen LogP contribution is -2.37. The van der Waals surface area contributed by atoms with Crippen molar-refractivity contribution in [1.82, 2.24) is 10.3 Å². The fourth-order valence-electron chi connectivity index (χ4n) is 1.74. The van der Waals surface area contributed by atoms with Gasteiger partial charge in [-0.25, -0.2) is 4.98 Å². The molecule has 0 bridgehead atoms. The highest BCUT2D eigenvalue weighted by Gasteiger charge is 2.15. The number of aliphatic hydroxyl groups is 1. The lowest BCUT2D eigenvalue weighted by atomic mass is 10.2. The topological polar surface area (TPSA) is 58.3 Å². The zero-order valence-electron chi connectivity index (χ0n) is 11.0. The highest BCUT2D eigenvalue weighted by molar-refractivity contribution is 7.99. The summed E-state index contributed by atoms with van der Waals surface area (Å²) in [6.07, 6.45) is 3.66. The third kappa shape index (κ3) is 3.82.